The van der Waals surface area contributed by atoms with Gasteiger partial charge < -0.3 is 9.84 Å². The molecule has 0 aromatic heterocycles. The molecule has 19 heavy (non-hydrogen) atoms. The summed E-state index contributed by atoms with van der Waals surface area (Å²) in [5, 5.41) is 11.4. The molecule has 1 saturated heterocycles. The first-order valence-electron chi connectivity index (χ1n) is 6.89. The molecule has 3 nitrogen and oxygen atoms in total. The van der Waals surface area contributed by atoms with Crippen LogP contribution < -0.4 is 4.74 Å². The molecule has 2 aliphatic heterocycles. The van der Waals surface area contributed by atoms with E-state index in [4.69, 9.17) is 16.3 Å². The number of aliphatic hydroxyl groups excluding tert-OH is 1. The van der Waals surface area contributed by atoms with E-state index in [0.717, 1.165) is 24.4 Å². The standard InChI is InChI=1S/C15H20ClNO2/c1-15(2)14(17-7-3-4-8-17)13(18)11-9-10(16)5-6-12(11)19-15/h5-6,9,13-14,18H,3-4,7-8H2,1-2H3. The number of hydrogen-bond donors (Lipinski definition) is 1. The third-order valence-electron chi connectivity index (χ3n) is 4.21. The van der Waals surface area contributed by atoms with Crippen molar-refractivity contribution in [3.8, 4) is 5.75 Å². The zero-order valence-electron chi connectivity index (χ0n) is 11.4. The monoisotopic (exact) mass is 281 g/mol. The summed E-state index contributed by atoms with van der Waals surface area (Å²) in [6.07, 6.45) is 1.85. The van der Waals surface area contributed by atoms with E-state index in [1.165, 1.54) is 12.8 Å². The van der Waals surface area contributed by atoms with Crippen LogP contribution in [0.25, 0.3) is 0 Å². The quantitative estimate of drug-likeness (QED) is 0.859. The van der Waals surface area contributed by atoms with Gasteiger partial charge in [0.25, 0.3) is 0 Å². The molecule has 3 rings (SSSR count). The van der Waals surface area contributed by atoms with E-state index in [2.05, 4.69) is 18.7 Å². The van der Waals surface area contributed by atoms with E-state index in [-0.39, 0.29) is 6.04 Å². The molecule has 2 aliphatic rings. The fourth-order valence-corrected chi connectivity index (χ4v) is 3.58. The lowest BCUT2D eigenvalue weighted by Gasteiger charge is -2.47. The predicted molar refractivity (Wildman–Crippen MR) is 75.7 cm³/mol. The van der Waals surface area contributed by atoms with Gasteiger partial charge in [-0.05, 0) is 58.0 Å². The molecule has 0 saturated carbocycles. The van der Waals surface area contributed by atoms with Gasteiger partial charge in [0.15, 0.2) is 0 Å². The molecule has 0 bridgehead atoms. The van der Waals surface area contributed by atoms with Gasteiger partial charge in [-0.1, -0.05) is 11.6 Å². The largest absolute Gasteiger partial charge is 0.486 e. The van der Waals surface area contributed by atoms with Crippen LogP contribution in [0.5, 0.6) is 5.75 Å². The lowest BCUT2D eigenvalue weighted by atomic mass is 9.85. The molecule has 4 heteroatoms. The Morgan fingerprint density at radius 3 is 2.68 bits per heavy atom. The third kappa shape index (κ3) is 2.24. The number of likely N-dealkylation sites (tertiary alicyclic amines) is 1. The van der Waals surface area contributed by atoms with Crippen molar-refractivity contribution in [1.82, 2.24) is 4.90 Å². The summed E-state index contributed by atoms with van der Waals surface area (Å²) in [6, 6.07) is 5.46. The van der Waals surface area contributed by atoms with Gasteiger partial charge in [-0.15, -0.1) is 0 Å². The number of fused-ring (bicyclic) bond motifs is 1. The molecule has 1 fully saturated rings. The van der Waals surface area contributed by atoms with E-state index >= 15 is 0 Å². The summed E-state index contributed by atoms with van der Waals surface area (Å²) in [5.41, 5.74) is 0.411. The van der Waals surface area contributed by atoms with Gasteiger partial charge in [-0.25, -0.2) is 0 Å². The minimum Gasteiger partial charge on any atom is -0.486 e. The second-order valence-electron chi connectivity index (χ2n) is 6.02. The van der Waals surface area contributed by atoms with Crippen LogP contribution in [0.1, 0.15) is 38.4 Å². The first kappa shape index (κ1) is 13.2. The molecule has 2 heterocycles. The van der Waals surface area contributed by atoms with Crippen LogP contribution in [-0.2, 0) is 0 Å². The van der Waals surface area contributed by atoms with Gasteiger partial charge in [0, 0.05) is 10.6 Å². The van der Waals surface area contributed by atoms with Gasteiger partial charge in [-0.3, -0.25) is 4.90 Å². The highest BCUT2D eigenvalue weighted by Gasteiger charge is 2.46. The maximum Gasteiger partial charge on any atom is 0.126 e. The van der Waals surface area contributed by atoms with Crippen LogP contribution in [0.2, 0.25) is 5.02 Å². The molecule has 2 atom stereocenters. The lowest BCUT2D eigenvalue weighted by Crippen LogP contribution is -2.57. The molecule has 104 valence electrons. The lowest BCUT2D eigenvalue weighted by molar-refractivity contribution is -0.0757. The minimum absolute atomic E-state index is 0.0130. The van der Waals surface area contributed by atoms with Gasteiger partial charge >= 0.3 is 0 Å². The SMILES string of the molecule is CC1(C)Oc2ccc(Cl)cc2C(O)C1N1CCCC1. The third-order valence-corrected chi connectivity index (χ3v) is 4.44. The second kappa shape index (κ2) is 4.65. The van der Waals surface area contributed by atoms with E-state index < -0.39 is 11.7 Å². The van der Waals surface area contributed by atoms with Crippen molar-refractivity contribution in [3.63, 3.8) is 0 Å². The van der Waals surface area contributed by atoms with Gasteiger partial charge in [0.2, 0.25) is 0 Å². The maximum absolute atomic E-state index is 10.8. The Hall–Kier alpha value is -0.770. The Bertz CT molecular complexity index is 483. The van der Waals surface area contributed by atoms with E-state index in [1.54, 1.807) is 6.07 Å². The van der Waals surface area contributed by atoms with E-state index in [1.807, 2.05) is 12.1 Å². The first-order chi connectivity index (χ1) is 8.99. The van der Waals surface area contributed by atoms with E-state index in [0.29, 0.717) is 5.02 Å². The summed E-state index contributed by atoms with van der Waals surface area (Å²) in [4.78, 5) is 2.34. The average molecular weight is 282 g/mol. The van der Waals surface area contributed by atoms with Crippen molar-refractivity contribution in [2.45, 2.75) is 44.4 Å². The number of ether oxygens (including phenoxy) is 1. The fraction of sp³-hybridized carbons (Fsp3) is 0.600. The summed E-state index contributed by atoms with van der Waals surface area (Å²) in [7, 11) is 0. The van der Waals surface area contributed by atoms with Crippen LogP contribution in [0.4, 0.5) is 0 Å². The zero-order chi connectivity index (χ0) is 13.6. The highest BCUT2D eigenvalue weighted by Crippen LogP contribution is 2.43. The molecule has 2 unspecified atom stereocenters. The van der Waals surface area contributed by atoms with Gasteiger partial charge in [0.05, 0.1) is 6.04 Å². The molecule has 0 spiro atoms. The predicted octanol–water partition coefficient (Wildman–Crippen LogP) is 3.01. The Morgan fingerprint density at radius 1 is 1.32 bits per heavy atom. The molecule has 0 radical (unpaired) electrons. The van der Waals surface area contributed by atoms with Crippen LogP contribution in [0.3, 0.4) is 0 Å². The highest BCUT2D eigenvalue weighted by atomic mass is 35.5. The normalized spacial score (nSPS) is 29.9. The van der Waals surface area contributed by atoms with Crippen LogP contribution in [0.15, 0.2) is 18.2 Å². The summed E-state index contributed by atoms with van der Waals surface area (Å²) in [6.45, 7) is 6.17. The average Bonchev–Trinajstić information content (AvgIpc) is 2.83. The molecule has 1 N–H and O–H groups in total. The molecular formula is C15H20ClNO2. The maximum atomic E-state index is 10.8. The number of halogens is 1. The number of aliphatic hydroxyl groups is 1. The van der Waals surface area contributed by atoms with Crippen LogP contribution >= 0.6 is 11.6 Å². The van der Waals surface area contributed by atoms with Gasteiger partial charge in [0.1, 0.15) is 17.5 Å². The van der Waals surface area contributed by atoms with Crippen LogP contribution in [0, 0.1) is 0 Å². The first-order valence-corrected chi connectivity index (χ1v) is 7.27. The Kier molecular flexibility index (Phi) is 3.24. The highest BCUT2D eigenvalue weighted by molar-refractivity contribution is 6.30. The minimum atomic E-state index is -0.546. The number of rotatable bonds is 1. The zero-order valence-corrected chi connectivity index (χ0v) is 12.2. The number of hydrogen-bond acceptors (Lipinski definition) is 3. The summed E-state index contributed by atoms with van der Waals surface area (Å²) >= 11 is 6.04. The van der Waals surface area contributed by atoms with E-state index in [9.17, 15) is 5.11 Å². The smallest absolute Gasteiger partial charge is 0.126 e. The number of nitrogens with zero attached hydrogens (tertiary/aromatic N) is 1. The van der Waals surface area contributed by atoms with Crippen molar-refractivity contribution in [1.29, 1.82) is 0 Å². The van der Waals surface area contributed by atoms with Gasteiger partial charge in [-0.2, -0.15) is 0 Å². The molecular weight excluding hydrogens is 262 g/mol. The summed E-state index contributed by atoms with van der Waals surface area (Å²) in [5.74, 6) is 0.748. The van der Waals surface area contributed by atoms with Crippen molar-refractivity contribution in [2.75, 3.05) is 13.1 Å². The van der Waals surface area contributed by atoms with Crippen molar-refractivity contribution < 1.29 is 9.84 Å². The topological polar surface area (TPSA) is 32.7 Å². The second-order valence-corrected chi connectivity index (χ2v) is 6.46. The van der Waals surface area contributed by atoms with Crippen molar-refractivity contribution in [3.05, 3.63) is 28.8 Å². The summed E-state index contributed by atoms with van der Waals surface area (Å²) < 4.78 is 6.11. The fourth-order valence-electron chi connectivity index (χ4n) is 3.40. The van der Waals surface area contributed by atoms with Crippen molar-refractivity contribution in [2.24, 2.45) is 0 Å². The molecule has 1 aromatic rings. The Labute approximate surface area is 119 Å². The Balaban J connectivity index is 2.01. The van der Waals surface area contributed by atoms with Crippen LogP contribution in [-0.4, -0.2) is 34.7 Å². The Morgan fingerprint density at radius 2 is 2.00 bits per heavy atom. The van der Waals surface area contributed by atoms with Crippen molar-refractivity contribution >= 4 is 11.6 Å². The molecule has 0 aliphatic carbocycles. The number of benzene rings is 1. The molecule has 0 amide bonds. The molecule has 1 aromatic carbocycles.